The Morgan fingerprint density at radius 1 is 1.22 bits per heavy atom. The van der Waals surface area contributed by atoms with Gasteiger partial charge in [-0.2, -0.15) is 0 Å². The van der Waals surface area contributed by atoms with Crippen LogP contribution in [0.4, 0.5) is 10.5 Å². The molecule has 0 spiro atoms. The van der Waals surface area contributed by atoms with Gasteiger partial charge < -0.3 is 9.47 Å². The molecule has 0 atom stereocenters. The van der Waals surface area contributed by atoms with Gasteiger partial charge in [-0.15, -0.1) is 13.0 Å². The molecule has 0 bridgehead atoms. The summed E-state index contributed by atoms with van der Waals surface area (Å²) < 4.78 is 11.1. The van der Waals surface area contributed by atoms with Crippen LogP contribution in [-0.2, 0) is 16.0 Å². The molecule has 3 rings (SSSR count). The Labute approximate surface area is 186 Å². The van der Waals surface area contributed by atoms with Crippen LogP contribution in [0.3, 0.4) is 0 Å². The number of carbonyl (C=O) groups is 3. The number of carbonyl (C=O) groups excluding carboxylic acids is 3. The second-order valence-electron chi connectivity index (χ2n) is 6.94. The van der Waals surface area contributed by atoms with Crippen LogP contribution in [0.25, 0.3) is 6.08 Å². The molecular weight excluding hydrogens is 408 g/mol. The van der Waals surface area contributed by atoms with E-state index in [0.29, 0.717) is 29.2 Å². The first kappa shape index (κ1) is 22.4. The number of rotatable bonds is 7. The molecule has 1 heterocycles. The molecular formula is C25H22N2O5. The Bertz CT molecular complexity index is 1170. The predicted molar refractivity (Wildman–Crippen MR) is 121 cm³/mol. The Kier molecular flexibility index (Phi) is 6.76. The second-order valence-corrected chi connectivity index (χ2v) is 6.94. The van der Waals surface area contributed by atoms with Gasteiger partial charge in [0.05, 0.1) is 12.8 Å². The first-order valence-electron chi connectivity index (χ1n) is 9.76. The lowest BCUT2D eigenvalue weighted by Gasteiger charge is -2.27. The molecule has 4 amide bonds. The van der Waals surface area contributed by atoms with Gasteiger partial charge in [0.2, 0.25) is 0 Å². The van der Waals surface area contributed by atoms with E-state index < -0.39 is 17.8 Å². The SMILES string of the molecule is C#CCOc1c(CC=C)cc(/C=C2\C(=O)NC(=O)N(c3ccccc3C)C2=O)cc1OC. The fourth-order valence-electron chi connectivity index (χ4n) is 3.36. The van der Waals surface area contributed by atoms with Crippen LogP contribution in [0.15, 0.2) is 54.6 Å². The van der Waals surface area contributed by atoms with Gasteiger partial charge in [-0.3, -0.25) is 14.9 Å². The van der Waals surface area contributed by atoms with E-state index in [1.807, 2.05) is 0 Å². The van der Waals surface area contributed by atoms with Gasteiger partial charge in [0.1, 0.15) is 12.2 Å². The third-order valence-electron chi connectivity index (χ3n) is 4.81. The molecule has 0 saturated carbocycles. The summed E-state index contributed by atoms with van der Waals surface area (Å²) in [4.78, 5) is 39.1. The summed E-state index contributed by atoms with van der Waals surface area (Å²) in [6, 6.07) is 9.50. The normalized spacial score (nSPS) is 14.7. The number of para-hydroxylation sites is 1. The van der Waals surface area contributed by atoms with Crippen molar-refractivity contribution in [3.8, 4) is 23.8 Å². The van der Waals surface area contributed by atoms with Crippen molar-refractivity contribution >= 4 is 29.6 Å². The summed E-state index contributed by atoms with van der Waals surface area (Å²) in [5, 5.41) is 2.23. The van der Waals surface area contributed by atoms with E-state index >= 15 is 0 Å². The first-order valence-corrected chi connectivity index (χ1v) is 9.76. The van der Waals surface area contributed by atoms with Crippen molar-refractivity contribution < 1.29 is 23.9 Å². The van der Waals surface area contributed by atoms with Gasteiger partial charge in [0.15, 0.2) is 11.5 Å². The number of benzene rings is 2. The lowest BCUT2D eigenvalue weighted by molar-refractivity contribution is -0.122. The van der Waals surface area contributed by atoms with Crippen LogP contribution in [0, 0.1) is 19.3 Å². The molecule has 7 heteroatoms. The quantitative estimate of drug-likeness (QED) is 0.315. The molecule has 1 fully saturated rings. The number of allylic oxidation sites excluding steroid dienone is 1. The third-order valence-corrected chi connectivity index (χ3v) is 4.81. The fraction of sp³-hybridized carbons (Fsp3) is 0.160. The zero-order chi connectivity index (χ0) is 23.3. The summed E-state index contributed by atoms with van der Waals surface area (Å²) >= 11 is 0. The Morgan fingerprint density at radius 2 is 1.97 bits per heavy atom. The molecule has 0 radical (unpaired) electrons. The Hall–Kier alpha value is -4.31. The summed E-state index contributed by atoms with van der Waals surface area (Å²) in [7, 11) is 1.48. The van der Waals surface area contributed by atoms with Crippen molar-refractivity contribution in [1.82, 2.24) is 5.32 Å². The van der Waals surface area contributed by atoms with Crippen LogP contribution < -0.4 is 19.7 Å². The highest BCUT2D eigenvalue weighted by Gasteiger charge is 2.37. The van der Waals surface area contributed by atoms with E-state index in [1.54, 1.807) is 49.4 Å². The largest absolute Gasteiger partial charge is 0.493 e. The van der Waals surface area contributed by atoms with Crippen molar-refractivity contribution in [2.45, 2.75) is 13.3 Å². The number of barbiturate groups is 1. The van der Waals surface area contributed by atoms with Crippen LogP contribution in [0.5, 0.6) is 11.5 Å². The number of anilines is 1. The number of methoxy groups -OCH3 is 1. The molecule has 1 N–H and O–H groups in total. The minimum atomic E-state index is -0.797. The molecule has 0 aromatic heterocycles. The van der Waals surface area contributed by atoms with Gasteiger partial charge in [0.25, 0.3) is 11.8 Å². The first-order chi connectivity index (χ1) is 15.4. The van der Waals surface area contributed by atoms with Gasteiger partial charge in [0, 0.05) is 5.56 Å². The maximum Gasteiger partial charge on any atom is 0.335 e. The minimum absolute atomic E-state index is 0.0509. The smallest absolute Gasteiger partial charge is 0.335 e. The highest BCUT2D eigenvalue weighted by atomic mass is 16.5. The number of terminal acetylenes is 1. The molecule has 2 aromatic rings. The molecule has 1 aliphatic heterocycles. The van der Waals surface area contributed by atoms with E-state index in [4.69, 9.17) is 15.9 Å². The van der Waals surface area contributed by atoms with Gasteiger partial charge in [-0.1, -0.05) is 30.2 Å². The van der Waals surface area contributed by atoms with Crippen LogP contribution in [-0.4, -0.2) is 31.6 Å². The number of amides is 4. The number of ether oxygens (including phenoxy) is 2. The van der Waals surface area contributed by atoms with Crippen molar-refractivity contribution in [1.29, 1.82) is 0 Å². The molecule has 2 aromatic carbocycles. The maximum atomic E-state index is 13.2. The number of nitrogens with one attached hydrogen (secondary N) is 1. The number of urea groups is 1. The van der Waals surface area contributed by atoms with Gasteiger partial charge in [-0.25, -0.2) is 9.69 Å². The molecule has 0 aliphatic carbocycles. The molecule has 7 nitrogen and oxygen atoms in total. The molecule has 1 aliphatic rings. The van der Waals surface area contributed by atoms with Crippen molar-refractivity contribution in [3.05, 3.63) is 71.3 Å². The van der Waals surface area contributed by atoms with Crippen molar-refractivity contribution in [3.63, 3.8) is 0 Å². The van der Waals surface area contributed by atoms with E-state index in [9.17, 15) is 14.4 Å². The molecule has 1 saturated heterocycles. The molecule has 0 unspecified atom stereocenters. The lowest BCUT2D eigenvalue weighted by atomic mass is 10.0. The van der Waals surface area contributed by atoms with Crippen molar-refractivity contribution in [2.75, 3.05) is 18.6 Å². The van der Waals surface area contributed by atoms with E-state index in [0.717, 1.165) is 16.0 Å². The van der Waals surface area contributed by atoms with Crippen molar-refractivity contribution in [2.24, 2.45) is 0 Å². The summed E-state index contributed by atoms with van der Waals surface area (Å²) in [5.74, 6) is 1.77. The number of hydrogen-bond donors (Lipinski definition) is 1. The van der Waals surface area contributed by atoms with Crippen LogP contribution in [0.2, 0.25) is 0 Å². The topological polar surface area (TPSA) is 84.9 Å². The van der Waals surface area contributed by atoms with Gasteiger partial charge >= 0.3 is 6.03 Å². The lowest BCUT2D eigenvalue weighted by Crippen LogP contribution is -2.54. The fourth-order valence-corrected chi connectivity index (χ4v) is 3.36. The maximum absolute atomic E-state index is 13.2. The standard InChI is InChI=1S/C25H22N2O5/c1-5-9-18-13-17(15-21(31-4)22(18)32-12-6-2)14-19-23(28)26-25(30)27(24(19)29)20-11-8-7-10-16(20)3/h2,5,7-8,10-11,13-15H,1,9,12H2,3-4H3,(H,26,28,30)/b19-14+. The number of hydrogen-bond acceptors (Lipinski definition) is 5. The summed E-state index contributed by atoms with van der Waals surface area (Å²) in [5.41, 5.74) is 2.17. The number of nitrogens with zero attached hydrogens (tertiary/aromatic N) is 1. The average Bonchev–Trinajstić information content (AvgIpc) is 2.77. The highest BCUT2D eigenvalue weighted by Crippen LogP contribution is 2.35. The zero-order valence-corrected chi connectivity index (χ0v) is 17.8. The predicted octanol–water partition coefficient (Wildman–Crippen LogP) is 3.41. The molecule has 162 valence electrons. The van der Waals surface area contributed by atoms with E-state index in [1.165, 1.54) is 13.2 Å². The van der Waals surface area contributed by atoms with Crippen LogP contribution >= 0.6 is 0 Å². The summed E-state index contributed by atoms with van der Waals surface area (Å²) in [6.07, 6.45) is 8.84. The highest BCUT2D eigenvalue weighted by molar-refractivity contribution is 6.39. The minimum Gasteiger partial charge on any atom is -0.493 e. The monoisotopic (exact) mass is 430 g/mol. The number of imide groups is 2. The van der Waals surface area contributed by atoms with Crippen LogP contribution in [0.1, 0.15) is 16.7 Å². The molecule has 32 heavy (non-hydrogen) atoms. The Balaban J connectivity index is 2.08. The van der Waals surface area contributed by atoms with E-state index in [2.05, 4.69) is 17.8 Å². The third kappa shape index (κ3) is 4.40. The number of aryl methyl sites for hydroxylation is 1. The van der Waals surface area contributed by atoms with Gasteiger partial charge in [-0.05, 0) is 48.7 Å². The second kappa shape index (κ2) is 9.67. The van der Waals surface area contributed by atoms with E-state index in [-0.39, 0.29) is 12.2 Å². The summed E-state index contributed by atoms with van der Waals surface area (Å²) in [6.45, 7) is 5.57. The average molecular weight is 430 g/mol. The zero-order valence-electron chi connectivity index (χ0n) is 17.8. The Morgan fingerprint density at radius 3 is 2.62 bits per heavy atom.